The van der Waals surface area contributed by atoms with Crippen LogP contribution in [0.1, 0.15) is 48.9 Å². The Hall–Kier alpha value is -4.14. The average Bonchev–Trinajstić information content (AvgIpc) is 3.01. The summed E-state index contributed by atoms with van der Waals surface area (Å²) in [6, 6.07) is 22.5. The van der Waals surface area contributed by atoms with Crippen molar-refractivity contribution in [2.45, 2.75) is 40.2 Å². The van der Waals surface area contributed by atoms with E-state index in [1.165, 1.54) is 4.68 Å². The zero-order chi connectivity index (χ0) is 31.4. The predicted octanol–water partition coefficient (Wildman–Crippen LogP) is 8.78. The van der Waals surface area contributed by atoms with E-state index in [1.54, 1.807) is 19.4 Å². The summed E-state index contributed by atoms with van der Waals surface area (Å²) in [4.78, 5) is 18.8. The molecule has 0 aliphatic heterocycles. The van der Waals surface area contributed by atoms with Crippen LogP contribution in [-0.4, -0.2) is 29.6 Å². The summed E-state index contributed by atoms with van der Waals surface area (Å²) in [5.41, 5.74) is 4.75. The Morgan fingerprint density at radius 1 is 1.02 bits per heavy atom. The number of hydrogen-bond acceptors (Lipinski definition) is 6. The number of halogens is 2. The van der Waals surface area contributed by atoms with Crippen molar-refractivity contribution in [3.8, 4) is 28.6 Å². The summed E-state index contributed by atoms with van der Waals surface area (Å²) in [5, 5.41) is 5.83. The molecule has 0 atom stereocenters. The highest BCUT2D eigenvalue weighted by Gasteiger charge is 2.19. The number of fused-ring (bicyclic) bond motifs is 1. The Bertz CT molecular complexity index is 1900. The van der Waals surface area contributed by atoms with Gasteiger partial charge in [-0.15, -0.1) is 0 Å². The molecule has 5 aromatic rings. The number of ether oxygens (including phenoxy) is 3. The minimum atomic E-state index is -0.268. The Morgan fingerprint density at radius 3 is 2.48 bits per heavy atom. The predicted molar refractivity (Wildman–Crippen MR) is 181 cm³/mol. The smallest absolute Gasteiger partial charge is 0.282 e. The maximum Gasteiger partial charge on any atom is 0.282 e. The molecule has 0 radical (unpaired) electrons. The lowest BCUT2D eigenvalue weighted by Gasteiger charge is -2.17. The minimum Gasteiger partial charge on any atom is -0.496 e. The van der Waals surface area contributed by atoms with Gasteiger partial charge >= 0.3 is 0 Å². The summed E-state index contributed by atoms with van der Waals surface area (Å²) in [5.74, 6) is 2.56. The van der Waals surface area contributed by atoms with Crippen LogP contribution >= 0.6 is 27.5 Å². The second kappa shape index (κ2) is 13.7. The average molecular weight is 675 g/mol. The van der Waals surface area contributed by atoms with E-state index in [0.717, 1.165) is 28.0 Å². The fourth-order valence-electron chi connectivity index (χ4n) is 4.90. The van der Waals surface area contributed by atoms with Crippen molar-refractivity contribution in [3.05, 3.63) is 115 Å². The first kappa shape index (κ1) is 31.3. The Kier molecular flexibility index (Phi) is 9.71. The summed E-state index contributed by atoms with van der Waals surface area (Å²) >= 11 is 9.66. The van der Waals surface area contributed by atoms with Crippen LogP contribution in [0.25, 0.3) is 22.3 Å². The highest BCUT2D eigenvalue weighted by molar-refractivity contribution is 9.10. The number of aromatic nitrogens is 2. The van der Waals surface area contributed by atoms with Crippen LogP contribution in [0, 0.1) is 6.92 Å². The molecule has 0 saturated heterocycles. The van der Waals surface area contributed by atoms with Crippen LogP contribution in [0.3, 0.4) is 0 Å². The minimum absolute atomic E-state index is 0.197. The van der Waals surface area contributed by atoms with Gasteiger partial charge in [-0.1, -0.05) is 49.7 Å². The monoisotopic (exact) mass is 673 g/mol. The largest absolute Gasteiger partial charge is 0.496 e. The molecule has 0 saturated carbocycles. The highest BCUT2D eigenvalue weighted by atomic mass is 79.9. The van der Waals surface area contributed by atoms with E-state index in [2.05, 4.69) is 29.8 Å². The van der Waals surface area contributed by atoms with Gasteiger partial charge in [0.1, 0.15) is 12.4 Å². The van der Waals surface area contributed by atoms with Crippen LogP contribution < -0.4 is 19.8 Å². The molecule has 0 amide bonds. The highest BCUT2D eigenvalue weighted by Crippen LogP contribution is 2.38. The van der Waals surface area contributed by atoms with Crippen LogP contribution in [0.5, 0.6) is 17.2 Å². The zero-order valence-corrected chi connectivity index (χ0v) is 27.6. The van der Waals surface area contributed by atoms with Gasteiger partial charge in [0.15, 0.2) is 17.3 Å². The quantitative estimate of drug-likeness (QED) is 0.139. The van der Waals surface area contributed by atoms with Crippen molar-refractivity contribution in [3.63, 3.8) is 0 Å². The van der Waals surface area contributed by atoms with Gasteiger partial charge in [0.2, 0.25) is 0 Å². The lowest BCUT2D eigenvalue weighted by Crippen LogP contribution is -2.20. The Morgan fingerprint density at radius 2 is 1.77 bits per heavy atom. The normalized spacial score (nSPS) is 11.5. The van der Waals surface area contributed by atoms with Crippen molar-refractivity contribution < 1.29 is 14.2 Å². The number of nitrogens with zero attached hydrogens (tertiary/aromatic N) is 3. The lowest BCUT2D eigenvalue weighted by atomic mass is 9.96. The van der Waals surface area contributed by atoms with Crippen molar-refractivity contribution in [2.24, 2.45) is 5.10 Å². The standard InChI is InChI=1S/C35H33BrClN3O4/c1-6-43-32-17-24(16-29(36)33(32)44-20-23-11-13-25(37)14-12-23)19-38-40-34(39-30-10-8-7-9-26(30)35(40)41)28-18-27(21(2)3)31(42-5)15-22(28)4/h7-19,21H,6,20H2,1-5H3. The molecule has 5 rings (SSSR count). The number of methoxy groups -OCH3 is 1. The van der Waals surface area contributed by atoms with E-state index < -0.39 is 0 Å². The SMILES string of the molecule is CCOc1cc(C=Nn2c(-c3cc(C(C)C)c(OC)cc3C)nc3ccccc3c2=O)cc(Br)c1OCc1ccc(Cl)cc1. The first-order chi connectivity index (χ1) is 21.2. The molecule has 0 bridgehead atoms. The molecular formula is C35H33BrClN3O4. The van der Waals surface area contributed by atoms with Gasteiger partial charge in [-0.25, -0.2) is 4.98 Å². The van der Waals surface area contributed by atoms with E-state index in [-0.39, 0.29) is 11.5 Å². The molecule has 0 spiro atoms. The van der Waals surface area contributed by atoms with Crippen LogP contribution in [0.15, 0.2) is 87.2 Å². The molecule has 44 heavy (non-hydrogen) atoms. The summed E-state index contributed by atoms with van der Waals surface area (Å²) < 4.78 is 19.8. The van der Waals surface area contributed by atoms with Gasteiger partial charge in [-0.3, -0.25) is 4.79 Å². The summed E-state index contributed by atoms with van der Waals surface area (Å²) in [7, 11) is 1.66. The van der Waals surface area contributed by atoms with E-state index in [1.807, 2.05) is 80.6 Å². The maximum absolute atomic E-state index is 13.9. The van der Waals surface area contributed by atoms with Gasteiger partial charge < -0.3 is 14.2 Å². The molecule has 0 aliphatic rings. The van der Waals surface area contributed by atoms with Crippen molar-refractivity contribution in [1.82, 2.24) is 9.66 Å². The second-order valence-electron chi connectivity index (χ2n) is 10.6. The van der Waals surface area contributed by atoms with Crippen LogP contribution in [0.2, 0.25) is 5.02 Å². The Labute approximate surface area is 270 Å². The molecule has 0 unspecified atom stereocenters. The lowest BCUT2D eigenvalue weighted by molar-refractivity contribution is 0.267. The molecule has 0 fully saturated rings. The van der Waals surface area contributed by atoms with Crippen molar-refractivity contribution in [2.75, 3.05) is 13.7 Å². The first-order valence-electron chi connectivity index (χ1n) is 14.3. The number of rotatable bonds is 10. The van der Waals surface area contributed by atoms with E-state index in [9.17, 15) is 4.79 Å². The van der Waals surface area contributed by atoms with Gasteiger partial charge in [-0.05, 0) is 106 Å². The third-order valence-electron chi connectivity index (χ3n) is 7.14. The Balaban J connectivity index is 1.59. The molecule has 1 aromatic heterocycles. The molecule has 1 heterocycles. The maximum atomic E-state index is 13.9. The third kappa shape index (κ3) is 6.66. The van der Waals surface area contributed by atoms with Gasteiger partial charge in [-0.2, -0.15) is 9.78 Å². The molecule has 9 heteroatoms. The number of para-hydroxylation sites is 1. The van der Waals surface area contributed by atoms with E-state index in [0.29, 0.717) is 56.5 Å². The third-order valence-corrected chi connectivity index (χ3v) is 7.98. The fourth-order valence-corrected chi connectivity index (χ4v) is 5.60. The molecule has 0 aliphatic carbocycles. The molecular weight excluding hydrogens is 642 g/mol. The first-order valence-corrected chi connectivity index (χ1v) is 15.5. The summed E-state index contributed by atoms with van der Waals surface area (Å²) in [6.45, 7) is 8.87. The van der Waals surface area contributed by atoms with E-state index in [4.69, 9.17) is 35.9 Å². The number of hydrogen-bond donors (Lipinski definition) is 0. The second-order valence-corrected chi connectivity index (χ2v) is 11.8. The number of aryl methyl sites for hydroxylation is 1. The molecule has 7 nitrogen and oxygen atoms in total. The molecule has 0 N–H and O–H groups in total. The van der Waals surface area contributed by atoms with Gasteiger partial charge in [0.05, 0.1) is 35.3 Å². The molecule has 4 aromatic carbocycles. The van der Waals surface area contributed by atoms with Crippen molar-refractivity contribution >= 4 is 44.6 Å². The van der Waals surface area contributed by atoms with Crippen LogP contribution in [0.4, 0.5) is 0 Å². The summed E-state index contributed by atoms with van der Waals surface area (Å²) in [6.07, 6.45) is 1.62. The van der Waals surface area contributed by atoms with Gasteiger partial charge in [0, 0.05) is 10.6 Å². The van der Waals surface area contributed by atoms with Crippen molar-refractivity contribution in [1.29, 1.82) is 0 Å². The van der Waals surface area contributed by atoms with E-state index >= 15 is 0 Å². The fraction of sp³-hybridized carbons (Fsp3) is 0.229. The van der Waals surface area contributed by atoms with Crippen LogP contribution in [-0.2, 0) is 6.61 Å². The zero-order valence-electron chi connectivity index (χ0n) is 25.2. The molecule has 226 valence electrons. The van der Waals surface area contributed by atoms with Gasteiger partial charge in [0.25, 0.3) is 5.56 Å². The number of benzene rings is 4. The topological polar surface area (TPSA) is 74.9 Å².